The van der Waals surface area contributed by atoms with Crippen molar-refractivity contribution in [2.24, 2.45) is 5.14 Å². The maximum Gasteiger partial charge on any atom is 0.238 e. The van der Waals surface area contributed by atoms with Crippen LogP contribution in [0.25, 0.3) is 22.6 Å². The van der Waals surface area contributed by atoms with Crippen LogP contribution < -0.4 is 9.88 Å². The molecule has 3 aromatic carbocycles. The van der Waals surface area contributed by atoms with Crippen molar-refractivity contribution >= 4 is 21.6 Å². The molecule has 0 amide bonds. The molecule has 4 rings (SSSR count). The highest BCUT2D eigenvalue weighted by Crippen LogP contribution is 2.40. The van der Waals surface area contributed by atoms with Crippen molar-refractivity contribution in [3.05, 3.63) is 89.3 Å². The molecule has 31 heavy (non-hydrogen) atoms. The molecule has 158 valence electrons. The maximum absolute atomic E-state index is 12.2. The van der Waals surface area contributed by atoms with Crippen LogP contribution in [0.3, 0.4) is 0 Å². The SMILES string of the molecule is COc1ccc(-c2nc(Cc3ccccc3)oc2-c2ccccc2S(N)(=O)=O)c(Cl)c1. The molecule has 0 spiro atoms. The second-order valence-corrected chi connectivity index (χ2v) is 8.77. The number of rotatable bonds is 6. The number of aromatic nitrogens is 1. The first-order chi connectivity index (χ1) is 14.9. The lowest BCUT2D eigenvalue weighted by molar-refractivity contribution is 0.415. The molecular weight excluding hydrogens is 436 g/mol. The number of oxazole rings is 1. The number of halogens is 1. The first kappa shape index (κ1) is 21.1. The predicted octanol–water partition coefficient (Wildman–Crippen LogP) is 4.91. The number of nitrogens with two attached hydrogens (primary N) is 1. The van der Waals surface area contributed by atoms with Crippen LogP contribution in [0, 0.1) is 0 Å². The molecule has 8 heteroatoms. The molecular formula is C23H19ClN2O4S. The van der Waals surface area contributed by atoms with Crippen molar-refractivity contribution in [1.29, 1.82) is 0 Å². The Bertz CT molecular complexity index is 1330. The summed E-state index contributed by atoms with van der Waals surface area (Å²) < 4.78 is 35.7. The fourth-order valence-electron chi connectivity index (χ4n) is 3.29. The van der Waals surface area contributed by atoms with E-state index in [4.69, 9.17) is 25.9 Å². The molecule has 0 radical (unpaired) electrons. The van der Waals surface area contributed by atoms with E-state index in [1.807, 2.05) is 30.3 Å². The monoisotopic (exact) mass is 454 g/mol. The van der Waals surface area contributed by atoms with Crippen LogP contribution in [0.2, 0.25) is 5.02 Å². The van der Waals surface area contributed by atoms with E-state index in [1.54, 1.807) is 43.5 Å². The van der Waals surface area contributed by atoms with Gasteiger partial charge in [-0.2, -0.15) is 0 Å². The number of methoxy groups -OCH3 is 1. The largest absolute Gasteiger partial charge is 0.497 e. The van der Waals surface area contributed by atoms with E-state index in [-0.39, 0.29) is 10.7 Å². The molecule has 0 aliphatic carbocycles. The number of hydrogen-bond donors (Lipinski definition) is 1. The minimum absolute atomic E-state index is 0.0525. The molecule has 2 N–H and O–H groups in total. The van der Waals surface area contributed by atoms with Crippen molar-refractivity contribution in [3.63, 3.8) is 0 Å². The third-order valence-electron chi connectivity index (χ3n) is 4.74. The summed E-state index contributed by atoms with van der Waals surface area (Å²) in [6, 6.07) is 21.3. The number of benzene rings is 3. The van der Waals surface area contributed by atoms with E-state index < -0.39 is 10.0 Å². The van der Waals surface area contributed by atoms with Gasteiger partial charge in [-0.15, -0.1) is 0 Å². The second-order valence-electron chi connectivity index (χ2n) is 6.83. The summed E-state index contributed by atoms with van der Waals surface area (Å²) in [6.07, 6.45) is 0.430. The highest BCUT2D eigenvalue weighted by Gasteiger charge is 2.24. The van der Waals surface area contributed by atoms with Crippen molar-refractivity contribution in [2.45, 2.75) is 11.3 Å². The van der Waals surface area contributed by atoms with Gasteiger partial charge in [0, 0.05) is 17.5 Å². The molecule has 0 saturated carbocycles. The normalized spacial score (nSPS) is 11.5. The molecule has 1 aromatic heterocycles. The lowest BCUT2D eigenvalue weighted by atomic mass is 10.1. The Kier molecular flexibility index (Phi) is 5.82. The number of sulfonamides is 1. The van der Waals surface area contributed by atoms with Crippen LogP contribution in [0.5, 0.6) is 5.75 Å². The average Bonchev–Trinajstić information content (AvgIpc) is 3.17. The number of hydrogen-bond acceptors (Lipinski definition) is 5. The zero-order chi connectivity index (χ0) is 22.0. The van der Waals surface area contributed by atoms with E-state index in [0.717, 1.165) is 5.56 Å². The number of nitrogens with zero attached hydrogens (tertiary/aromatic N) is 1. The summed E-state index contributed by atoms with van der Waals surface area (Å²) in [6.45, 7) is 0. The fourth-order valence-corrected chi connectivity index (χ4v) is 4.29. The zero-order valence-electron chi connectivity index (χ0n) is 16.6. The third-order valence-corrected chi connectivity index (χ3v) is 6.02. The summed E-state index contributed by atoms with van der Waals surface area (Å²) in [4.78, 5) is 4.61. The minimum Gasteiger partial charge on any atom is -0.497 e. The predicted molar refractivity (Wildman–Crippen MR) is 120 cm³/mol. The summed E-state index contributed by atoms with van der Waals surface area (Å²) in [5.41, 5.74) is 2.33. The van der Waals surface area contributed by atoms with Gasteiger partial charge < -0.3 is 9.15 Å². The van der Waals surface area contributed by atoms with Crippen LogP contribution in [0.4, 0.5) is 0 Å². The summed E-state index contributed by atoms with van der Waals surface area (Å²) in [5.74, 6) is 1.29. The Morgan fingerprint density at radius 1 is 1.00 bits per heavy atom. The van der Waals surface area contributed by atoms with Crippen LogP contribution in [0.1, 0.15) is 11.5 Å². The summed E-state index contributed by atoms with van der Waals surface area (Å²) in [5, 5.41) is 5.85. The van der Waals surface area contributed by atoms with Gasteiger partial charge in [-0.25, -0.2) is 18.5 Å². The van der Waals surface area contributed by atoms with Crippen LogP contribution in [0.15, 0.2) is 82.1 Å². The fraction of sp³-hybridized carbons (Fsp3) is 0.0870. The smallest absolute Gasteiger partial charge is 0.238 e. The van der Waals surface area contributed by atoms with Gasteiger partial charge in [0.15, 0.2) is 11.7 Å². The molecule has 4 aromatic rings. The van der Waals surface area contributed by atoms with Gasteiger partial charge in [-0.1, -0.05) is 54.1 Å². The minimum atomic E-state index is -3.99. The van der Waals surface area contributed by atoms with Gasteiger partial charge in [0.1, 0.15) is 11.4 Å². The van der Waals surface area contributed by atoms with Crippen molar-refractivity contribution in [3.8, 4) is 28.3 Å². The second kappa shape index (κ2) is 8.55. The summed E-state index contributed by atoms with van der Waals surface area (Å²) in [7, 11) is -2.44. The number of ether oxygens (including phenoxy) is 1. The number of primary sulfonamides is 1. The van der Waals surface area contributed by atoms with E-state index >= 15 is 0 Å². The lowest BCUT2D eigenvalue weighted by Crippen LogP contribution is -2.13. The van der Waals surface area contributed by atoms with Gasteiger partial charge in [0.05, 0.1) is 17.0 Å². The molecule has 0 saturated heterocycles. The van der Waals surface area contributed by atoms with Gasteiger partial charge in [-0.3, -0.25) is 0 Å². The molecule has 0 aliphatic heterocycles. The van der Waals surface area contributed by atoms with Gasteiger partial charge in [0.25, 0.3) is 0 Å². The average molecular weight is 455 g/mol. The molecule has 1 heterocycles. The highest BCUT2D eigenvalue weighted by molar-refractivity contribution is 7.89. The van der Waals surface area contributed by atoms with E-state index in [2.05, 4.69) is 4.98 Å². The maximum atomic E-state index is 12.2. The van der Waals surface area contributed by atoms with Crippen LogP contribution >= 0.6 is 11.6 Å². The van der Waals surface area contributed by atoms with E-state index in [1.165, 1.54) is 6.07 Å². The quantitative estimate of drug-likeness (QED) is 0.446. The molecule has 6 nitrogen and oxygen atoms in total. The van der Waals surface area contributed by atoms with E-state index in [0.29, 0.717) is 39.9 Å². The van der Waals surface area contributed by atoms with E-state index in [9.17, 15) is 8.42 Å². The Morgan fingerprint density at radius 2 is 1.71 bits per heavy atom. The third kappa shape index (κ3) is 4.49. The highest BCUT2D eigenvalue weighted by atomic mass is 35.5. The molecule has 0 atom stereocenters. The molecule has 0 aliphatic rings. The molecule has 0 fully saturated rings. The van der Waals surface area contributed by atoms with Crippen molar-refractivity contribution in [2.75, 3.05) is 7.11 Å². The first-order valence-corrected chi connectivity index (χ1v) is 11.3. The Labute approximate surface area is 185 Å². The topological polar surface area (TPSA) is 95.4 Å². The van der Waals surface area contributed by atoms with Gasteiger partial charge >= 0.3 is 0 Å². The van der Waals surface area contributed by atoms with Crippen molar-refractivity contribution < 1.29 is 17.6 Å². The Balaban J connectivity index is 1.92. The molecule has 0 unspecified atom stereocenters. The Hall–Kier alpha value is -3.13. The van der Waals surface area contributed by atoms with Crippen LogP contribution in [-0.2, 0) is 16.4 Å². The molecule has 0 bridgehead atoms. The van der Waals surface area contributed by atoms with Crippen molar-refractivity contribution in [1.82, 2.24) is 4.98 Å². The lowest BCUT2D eigenvalue weighted by Gasteiger charge is -2.08. The zero-order valence-corrected chi connectivity index (χ0v) is 18.2. The standard InChI is InChI=1S/C23H19ClN2O4S/c1-29-16-11-12-17(19(24)14-16)22-23(18-9-5-6-10-20(18)31(25,27)28)30-21(26-22)13-15-7-3-2-4-8-15/h2-12,14H,13H2,1H3,(H2,25,27,28). The summed E-state index contributed by atoms with van der Waals surface area (Å²) >= 11 is 6.50. The Morgan fingerprint density at radius 3 is 2.39 bits per heavy atom. The van der Waals surface area contributed by atoms with Gasteiger partial charge in [0.2, 0.25) is 10.0 Å². The first-order valence-electron chi connectivity index (χ1n) is 9.36. The van der Waals surface area contributed by atoms with Crippen LogP contribution in [-0.4, -0.2) is 20.5 Å². The van der Waals surface area contributed by atoms with Gasteiger partial charge in [-0.05, 0) is 35.9 Å².